The van der Waals surface area contributed by atoms with Crippen molar-refractivity contribution in [3.05, 3.63) is 51.5 Å². The van der Waals surface area contributed by atoms with Gasteiger partial charge in [-0.25, -0.2) is 4.39 Å². The van der Waals surface area contributed by atoms with Crippen molar-refractivity contribution in [2.45, 2.75) is 13.0 Å². The van der Waals surface area contributed by atoms with Gasteiger partial charge in [0.2, 0.25) is 0 Å². The second-order valence-corrected chi connectivity index (χ2v) is 4.82. The fraction of sp³-hybridized carbons (Fsp3) is 0.250. The molecule has 2 rings (SSSR count). The molecule has 5 heteroatoms. The van der Waals surface area contributed by atoms with Crippen LogP contribution < -0.4 is 5.73 Å². The minimum absolute atomic E-state index is 0.316. The van der Waals surface area contributed by atoms with E-state index < -0.39 is 6.04 Å². The van der Waals surface area contributed by atoms with Crippen LogP contribution in [0.4, 0.5) is 4.39 Å². The van der Waals surface area contributed by atoms with Crippen molar-refractivity contribution in [2.75, 3.05) is 0 Å². The Morgan fingerprint density at radius 1 is 1.41 bits per heavy atom. The van der Waals surface area contributed by atoms with Crippen molar-refractivity contribution < 1.29 is 4.39 Å². The number of benzene rings is 1. The molecule has 3 nitrogen and oxygen atoms in total. The highest BCUT2D eigenvalue weighted by molar-refractivity contribution is 9.10. The Balaban J connectivity index is 2.47. The predicted octanol–water partition coefficient (Wildman–Crippen LogP) is 2.68. The molecule has 0 aliphatic rings. The molecule has 0 bridgehead atoms. The molecule has 0 aliphatic carbocycles. The van der Waals surface area contributed by atoms with Gasteiger partial charge in [0.15, 0.2) is 0 Å². The van der Waals surface area contributed by atoms with Crippen LogP contribution in [0.1, 0.15) is 22.9 Å². The minimum Gasteiger partial charge on any atom is -0.320 e. The third-order valence-electron chi connectivity index (χ3n) is 2.70. The van der Waals surface area contributed by atoms with Crippen LogP contribution in [0.5, 0.6) is 0 Å². The van der Waals surface area contributed by atoms with Gasteiger partial charge in [0, 0.05) is 24.4 Å². The van der Waals surface area contributed by atoms with Crippen LogP contribution in [0.2, 0.25) is 0 Å². The average Bonchev–Trinajstić information content (AvgIpc) is 2.61. The van der Waals surface area contributed by atoms with E-state index in [1.165, 1.54) is 0 Å². The van der Waals surface area contributed by atoms with Crippen molar-refractivity contribution in [3.63, 3.8) is 0 Å². The number of aryl methyl sites for hydroxylation is 2. The van der Waals surface area contributed by atoms with Crippen molar-refractivity contribution in [3.8, 4) is 0 Å². The molecular formula is C12H13BrFN3. The van der Waals surface area contributed by atoms with Gasteiger partial charge in [0.05, 0.1) is 16.2 Å². The van der Waals surface area contributed by atoms with Gasteiger partial charge in [-0.05, 0) is 28.9 Å². The van der Waals surface area contributed by atoms with Crippen LogP contribution in [-0.4, -0.2) is 9.78 Å². The van der Waals surface area contributed by atoms with Crippen molar-refractivity contribution >= 4 is 15.9 Å². The van der Waals surface area contributed by atoms with Crippen molar-refractivity contribution in [1.29, 1.82) is 0 Å². The zero-order valence-electron chi connectivity index (χ0n) is 9.61. The first kappa shape index (κ1) is 12.3. The monoisotopic (exact) mass is 297 g/mol. The average molecular weight is 298 g/mol. The number of rotatable bonds is 2. The molecule has 0 radical (unpaired) electrons. The highest BCUT2D eigenvalue weighted by Gasteiger charge is 2.18. The Bertz CT molecular complexity index is 551. The number of aromatic nitrogens is 2. The quantitative estimate of drug-likeness (QED) is 0.926. The Labute approximate surface area is 108 Å². The number of nitrogens with zero attached hydrogens (tertiary/aromatic N) is 2. The molecule has 2 aromatic rings. The van der Waals surface area contributed by atoms with E-state index in [2.05, 4.69) is 21.0 Å². The molecule has 0 saturated carbocycles. The maximum absolute atomic E-state index is 13.9. The van der Waals surface area contributed by atoms with E-state index in [4.69, 9.17) is 5.73 Å². The van der Waals surface area contributed by atoms with Gasteiger partial charge in [0.1, 0.15) is 5.82 Å². The van der Waals surface area contributed by atoms with Crippen molar-refractivity contribution in [1.82, 2.24) is 9.78 Å². The Morgan fingerprint density at radius 2 is 2.12 bits per heavy atom. The Morgan fingerprint density at radius 3 is 2.71 bits per heavy atom. The summed E-state index contributed by atoms with van der Waals surface area (Å²) in [4.78, 5) is 0. The molecule has 1 aromatic heterocycles. The predicted molar refractivity (Wildman–Crippen MR) is 68.1 cm³/mol. The summed E-state index contributed by atoms with van der Waals surface area (Å²) in [7, 11) is 1.82. The molecule has 0 spiro atoms. The van der Waals surface area contributed by atoms with Crippen LogP contribution in [0.15, 0.2) is 28.9 Å². The Hall–Kier alpha value is -1.20. The topological polar surface area (TPSA) is 43.8 Å². The summed E-state index contributed by atoms with van der Waals surface area (Å²) < 4.78 is 16.0. The first-order valence-corrected chi connectivity index (χ1v) is 5.99. The zero-order chi connectivity index (χ0) is 12.6. The minimum atomic E-state index is -0.499. The van der Waals surface area contributed by atoms with E-state index in [0.717, 1.165) is 11.3 Å². The summed E-state index contributed by atoms with van der Waals surface area (Å²) in [5, 5.41) is 4.21. The number of nitrogens with two attached hydrogens (primary N) is 1. The lowest BCUT2D eigenvalue weighted by atomic mass is 10.00. The lowest BCUT2D eigenvalue weighted by Gasteiger charge is -2.12. The second-order valence-electron chi connectivity index (χ2n) is 3.96. The standard InChI is InChI=1S/C12H13BrFN3/c1-7-9(6-17(2)16-7)12(15)8-4-3-5-10(13)11(8)14/h3-6,12H,15H2,1-2H3. The molecule has 1 unspecified atom stereocenters. The molecule has 1 heterocycles. The molecule has 17 heavy (non-hydrogen) atoms. The summed E-state index contributed by atoms with van der Waals surface area (Å²) in [5.74, 6) is -0.316. The van der Waals surface area contributed by atoms with Gasteiger partial charge >= 0.3 is 0 Å². The maximum atomic E-state index is 13.9. The normalized spacial score (nSPS) is 12.8. The number of hydrogen-bond donors (Lipinski definition) is 1. The van der Waals surface area contributed by atoms with Crippen LogP contribution >= 0.6 is 15.9 Å². The summed E-state index contributed by atoms with van der Waals surface area (Å²) >= 11 is 3.16. The fourth-order valence-electron chi connectivity index (χ4n) is 1.85. The van der Waals surface area contributed by atoms with Crippen LogP contribution in [0.3, 0.4) is 0 Å². The first-order valence-electron chi connectivity index (χ1n) is 5.20. The van der Waals surface area contributed by atoms with E-state index in [9.17, 15) is 4.39 Å². The van der Waals surface area contributed by atoms with Crippen LogP contribution in [0.25, 0.3) is 0 Å². The van der Waals surface area contributed by atoms with Gasteiger partial charge in [-0.3, -0.25) is 4.68 Å². The van der Waals surface area contributed by atoms with E-state index in [1.807, 2.05) is 20.2 Å². The largest absolute Gasteiger partial charge is 0.320 e. The second kappa shape index (κ2) is 4.58. The van der Waals surface area contributed by atoms with Gasteiger partial charge in [0.25, 0.3) is 0 Å². The molecule has 0 aliphatic heterocycles. The SMILES string of the molecule is Cc1nn(C)cc1C(N)c1cccc(Br)c1F. The van der Waals surface area contributed by atoms with E-state index in [1.54, 1.807) is 22.9 Å². The molecule has 0 fully saturated rings. The third kappa shape index (κ3) is 2.25. The van der Waals surface area contributed by atoms with Crippen molar-refractivity contribution in [2.24, 2.45) is 12.8 Å². The zero-order valence-corrected chi connectivity index (χ0v) is 11.2. The summed E-state index contributed by atoms with van der Waals surface area (Å²) in [6, 6.07) is 4.62. The molecule has 1 aromatic carbocycles. The third-order valence-corrected chi connectivity index (χ3v) is 3.32. The highest BCUT2D eigenvalue weighted by Crippen LogP contribution is 2.27. The smallest absolute Gasteiger partial charge is 0.142 e. The summed E-state index contributed by atoms with van der Waals surface area (Å²) in [5.41, 5.74) is 8.21. The molecule has 2 N–H and O–H groups in total. The lowest BCUT2D eigenvalue weighted by Crippen LogP contribution is -2.14. The van der Waals surface area contributed by atoms with Crippen LogP contribution in [0, 0.1) is 12.7 Å². The van der Waals surface area contributed by atoms with E-state index in [0.29, 0.717) is 10.0 Å². The molecule has 90 valence electrons. The highest BCUT2D eigenvalue weighted by atomic mass is 79.9. The van der Waals surface area contributed by atoms with Gasteiger partial charge in [-0.1, -0.05) is 12.1 Å². The van der Waals surface area contributed by atoms with Gasteiger partial charge < -0.3 is 5.73 Å². The molecule has 0 saturated heterocycles. The number of hydrogen-bond acceptors (Lipinski definition) is 2. The van der Waals surface area contributed by atoms with Gasteiger partial charge in [-0.2, -0.15) is 5.10 Å². The van der Waals surface area contributed by atoms with Crippen LogP contribution in [-0.2, 0) is 7.05 Å². The van der Waals surface area contributed by atoms with E-state index >= 15 is 0 Å². The lowest BCUT2D eigenvalue weighted by molar-refractivity contribution is 0.593. The molecular weight excluding hydrogens is 285 g/mol. The maximum Gasteiger partial charge on any atom is 0.142 e. The summed E-state index contributed by atoms with van der Waals surface area (Å²) in [6.07, 6.45) is 1.82. The molecule has 1 atom stereocenters. The summed E-state index contributed by atoms with van der Waals surface area (Å²) in [6.45, 7) is 1.87. The Kier molecular flexibility index (Phi) is 3.31. The van der Waals surface area contributed by atoms with Gasteiger partial charge in [-0.15, -0.1) is 0 Å². The fourth-order valence-corrected chi connectivity index (χ4v) is 2.23. The number of halogens is 2. The van der Waals surface area contributed by atoms with E-state index in [-0.39, 0.29) is 5.82 Å². The molecule has 0 amide bonds. The first-order chi connectivity index (χ1) is 8.00.